The number of nitrogens with one attached hydrogen (secondary N) is 1. The average molecular weight is 860 g/mol. The van der Waals surface area contributed by atoms with Crippen molar-refractivity contribution in [3.63, 3.8) is 0 Å². The lowest BCUT2D eigenvalue weighted by atomic mass is 9.98. The maximum atomic E-state index is 13.1. The molecule has 8 N–H and O–H groups in total. The van der Waals surface area contributed by atoms with E-state index in [9.17, 15) is 40.5 Å². The minimum Gasteiger partial charge on any atom is -0.394 e. The van der Waals surface area contributed by atoms with Gasteiger partial charge in [0.05, 0.1) is 25.4 Å². The van der Waals surface area contributed by atoms with Gasteiger partial charge in [0.2, 0.25) is 5.91 Å². The van der Waals surface area contributed by atoms with E-state index in [-0.39, 0.29) is 6.42 Å². The molecule has 9 unspecified atom stereocenters. The Bertz CT molecular complexity index is 944. The van der Waals surface area contributed by atoms with E-state index >= 15 is 0 Å². The largest absolute Gasteiger partial charge is 0.394 e. The Hall–Kier alpha value is -0.890. The molecule has 358 valence electrons. The van der Waals surface area contributed by atoms with E-state index in [0.29, 0.717) is 19.3 Å². The fraction of sp³-hybridized carbons (Fsp3) is 0.980. The molecule has 0 aromatic rings. The summed E-state index contributed by atoms with van der Waals surface area (Å²) in [5.41, 5.74) is 0. The third-order valence-electron chi connectivity index (χ3n) is 12.7. The quantitative estimate of drug-likeness (QED) is 0.0275. The first-order valence-corrected chi connectivity index (χ1v) is 25.4. The van der Waals surface area contributed by atoms with Crippen molar-refractivity contribution in [1.82, 2.24) is 5.32 Å². The Kier molecular flexibility index (Phi) is 37.8. The van der Waals surface area contributed by atoms with Crippen LogP contribution in [0.2, 0.25) is 0 Å². The highest BCUT2D eigenvalue weighted by atomic mass is 16.7. The molecule has 0 spiro atoms. The van der Waals surface area contributed by atoms with E-state index in [0.717, 1.165) is 38.5 Å². The van der Waals surface area contributed by atoms with E-state index in [1.54, 1.807) is 0 Å². The standard InChI is InChI=1S/C49H97NO10/c1-3-5-7-9-11-13-15-17-19-21-23-24-26-28-30-32-34-36-41(52)44(54)40(39-59-49-47(57)46(56)45(55)43(38-51)60-49)50-48(58)42(53)37-35-33-31-29-27-25-22-20-18-16-14-12-10-8-6-4-2/h40-47,49,51-57H,3-39H2,1-2H3,(H,50,58). The molecule has 1 amide bonds. The highest BCUT2D eigenvalue weighted by Gasteiger charge is 2.44. The summed E-state index contributed by atoms with van der Waals surface area (Å²) < 4.78 is 11.1. The molecular weight excluding hydrogens is 763 g/mol. The van der Waals surface area contributed by atoms with Crippen LogP contribution < -0.4 is 5.32 Å². The highest BCUT2D eigenvalue weighted by Crippen LogP contribution is 2.23. The van der Waals surface area contributed by atoms with Crippen LogP contribution in [0, 0.1) is 0 Å². The van der Waals surface area contributed by atoms with Gasteiger partial charge in [-0.1, -0.05) is 226 Å². The van der Waals surface area contributed by atoms with Gasteiger partial charge in [-0.05, 0) is 12.8 Å². The molecule has 0 saturated carbocycles. The molecule has 0 aliphatic carbocycles. The third kappa shape index (κ3) is 28.7. The van der Waals surface area contributed by atoms with Gasteiger partial charge in [0.1, 0.15) is 36.6 Å². The van der Waals surface area contributed by atoms with E-state index in [2.05, 4.69) is 19.2 Å². The zero-order chi connectivity index (χ0) is 44.1. The number of hydrogen-bond acceptors (Lipinski definition) is 10. The number of hydrogen-bond donors (Lipinski definition) is 8. The molecule has 60 heavy (non-hydrogen) atoms. The van der Waals surface area contributed by atoms with Crippen molar-refractivity contribution in [1.29, 1.82) is 0 Å². The Balaban J connectivity index is 2.39. The van der Waals surface area contributed by atoms with Crippen LogP contribution in [0.4, 0.5) is 0 Å². The maximum Gasteiger partial charge on any atom is 0.249 e. The molecule has 1 aliphatic heterocycles. The predicted molar refractivity (Wildman–Crippen MR) is 243 cm³/mol. The molecule has 1 rings (SSSR count). The molecule has 1 aliphatic rings. The third-order valence-corrected chi connectivity index (χ3v) is 12.7. The van der Waals surface area contributed by atoms with Gasteiger partial charge in [0.25, 0.3) is 0 Å². The summed E-state index contributed by atoms with van der Waals surface area (Å²) in [7, 11) is 0. The molecule has 1 fully saturated rings. The van der Waals surface area contributed by atoms with Crippen molar-refractivity contribution in [2.45, 2.75) is 294 Å². The second-order valence-electron chi connectivity index (χ2n) is 18.3. The normalized spacial score (nSPS) is 21.5. The lowest BCUT2D eigenvalue weighted by Crippen LogP contribution is -2.60. The van der Waals surface area contributed by atoms with Crippen molar-refractivity contribution < 1.29 is 50.0 Å². The number of carbonyl (C=O) groups is 1. The zero-order valence-electron chi connectivity index (χ0n) is 38.7. The van der Waals surface area contributed by atoms with E-state index < -0.39 is 74.2 Å². The summed E-state index contributed by atoms with van der Waals surface area (Å²) in [6.07, 6.45) is 30.0. The van der Waals surface area contributed by atoms with Gasteiger partial charge in [0, 0.05) is 0 Å². The van der Waals surface area contributed by atoms with E-state index in [1.165, 1.54) is 161 Å². The van der Waals surface area contributed by atoms with Crippen LogP contribution in [0.1, 0.15) is 239 Å². The zero-order valence-corrected chi connectivity index (χ0v) is 38.7. The number of aliphatic hydroxyl groups excluding tert-OH is 7. The van der Waals surface area contributed by atoms with Gasteiger partial charge in [-0.25, -0.2) is 0 Å². The Morgan fingerprint density at radius 1 is 0.517 bits per heavy atom. The van der Waals surface area contributed by atoms with Crippen LogP contribution in [0.25, 0.3) is 0 Å². The Labute approximate surface area is 367 Å². The second-order valence-corrected chi connectivity index (χ2v) is 18.3. The summed E-state index contributed by atoms with van der Waals surface area (Å²) in [6, 6.07) is -1.16. The summed E-state index contributed by atoms with van der Waals surface area (Å²) in [5.74, 6) is -0.692. The molecule has 0 radical (unpaired) electrons. The highest BCUT2D eigenvalue weighted by molar-refractivity contribution is 5.80. The molecule has 0 aromatic heterocycles. The summed E-state index contributed by atoms with van der Waals surface area (Å²) in [5, 5.41) is 75.9. The van der Waals surface area contributed by atoms with Crippen molar-refractivity contribution >= 4 is 5.91 Å². The number of carbonyl (C=O) groups excluding carboxylic acids is 1. The number of unbranched alkanes of at least 4 members (excludes halogenated alkanes) is 31. The fourth-order valence-electron chi connectivity index (χ4n) is 8.44. The van der Waals surface area contributed by atoms with Gasteiger partial charge in [-0.3, -0.25) is 4.79 Å². The SMILES string of the molecule is CCCCCCCCCCCCCCCCCCCC(O)C(O)C(COC1OC(CO)C(O)C(O)C1O)NC(=O)C(O)CCCCCCCCCCCCCCCCCC. The van der Waals surface area contributed by atoms with Gasteiger partial charge < -0.3 is 50.5 Å². The monoisotopic (exact) mass is 860 g/mol. The topological polar surface area (TPSA) is 189 Å². The molecule has 0 aromatic carbocycles. The van der Waals surface area contributed by atoms with Crippen LogP contribution in [0.15, 0.2) is 0 Å². The van der Waals surface area contributed by atoms with Gasteiger partial charge in [-0.15, -0.1) is 0 Å². The first-order valence-electron chi connectivity index (χ1n) is 25.4. The number of ether oxygens (including phenoxy) is 2. The minimum atomic E-state index is -1.66. The van der Waals surface area contributed by atoms with Crippen molar-refractivity contribution in [3.05, 3.63) is 0 Å². The number of rotatable bonds is 43. The molecular formula is C49H97NO10. The number of amides is 1. The van der Waals surface area contributed by atoms with Crippen molar-refractivity contribution in [2.24, 2.45) is 0 Å². The summed E-state index contributed by atoms with van der Waals surface area (Å²) >= 11 is 0. The number of aliphatic hydroxyl groups is 7. The lowest BCUT2D eigenvalue weighted by molar-refractivity contribution is -0.303. The molecule has 9 atom stereocenters. The summed E-state index contributed by atoms with van der Waals surface area (Å²) in [4.78, 5) is 13.1. The minimum absolute atomic E-state index is 0.266. The van der Waals surface area contributed by atoms with E-state index in [4.69, 9.17) is 9.47 Å². The molecule has 11 heteroatoms. The molecule has 11 nitrogen and oxygen atoms in total. The van der Waals surface area contributed by atoms with Crippen LogP contribution in [0.3, 0.4) is 0 Å². The lowest BCUT2D eigenvalue weighted by Gasteiger charge is -2.40. The Morgan fingerprint density at radius 2 is 0.867 bits per heavy atom. The molecule has 1 heterocycles. The smallest absolute Gasteiger partial charge is 0.249 e. The summed E-state index contributed by atoms with van der Waals surface area (Å²) in [6.45, 7) is 3.47. The van der Waals surface area contributed by atoms with Gasteiger partial charge in [-0.2, -0.15) is 0 Å². The molecule has 0 bridgehead atoms. The first-order chi connectivity index (χ1) is 29.2. The van der Waals surface area contributed by atoms with E-state index in [1.807, 2.05) is 0 Å². The van der Waals surface area contributed by atoms with Gasteiger partial charge in [0.15, 0.2) is 6.29 Å². The molecule has 1 saturated heterocycles. The Morgan fingerprint density at radius 3 is 1.23 bits per heavy atom. The van der Waals surface area contributed by atoms with Crippen molar-refractivity contribution in [3.8, 4) is 0 Å². The first kappa shape index (κ1) is 57.1. The van der Waals surface area contributed by atoms with Crippen LogP contribution >= 0.6 is 0 Å². The predicted octanol–water partition coefficient (Wildman–Crippen LogP) is 9.06. The maximum absolute atomic E-state index is 13.1. The second kappa shape index (κ2) is 39.7. The fourth-order valence-corrected chi connectivity index (χ4v) is 8.44. The van der Waals surface area contributed by atoms with Gasteiger partial charge >= 0.3 is 0 Å². The van der Waals surface area contributed by atoms with Crippen LogP contribution in [0.5, 0.6) is 0 Å². The average Bonchev–Trinajstić information content (AvgIpc) is 3.25. The van der Waals surface area contributed by atoms with Crippen LogP contribution in [-0.2, 0) is 14.3 Å². The van der Waals surface area contributed by atoms with Crippen molar-refractivity contribution in [2.75, 3.05) is 13.2 Å². The van der Waals surface area contributed by atoms with Crippen LogP contribution in [-0.4, -0.2) is 110 Å².